The van der Waals surface area contributed by atoms with Crippen LogP contribution in [-0.4, -0.2) is 26.0 Å². The second-order valence-electron chi connectivity index (χ2n) is 7.73. The Morgan fingerprint density at radius 3 is 2.60 bits per heavy atom. The standard InChI is InChI=1S/C24H25NO5/c1-13-8-9-20(30-13)23-21(24(27)29-4)14(2)25-18-11-16(12-19(26)22(18)23)15-6-5-7-17(10-15)28-3/h5-11,16,22-23,25H,12H2,1-4H3. The van der Waals surface area contributed by atoms with Crippen molar-refractivity contribution in [2.75, 3.05) is 14.2 Å². The fourth-order valence-corrected chi connectivity index (χ4v) is 4.47. The fraction of sp³-hybridized carbons (Fsp3) is 0.333. The molecule has 156 valence electrons. The highest BCUT2D eigenvalue weighted by Crippen LogP contribution is 2.46. The van der Waals surface area contributed by atoms with Crippen molar-refractivity contribution in [1.82, 2.24) is 5.32 Å². The van der Waals surface area contributed by atoms with Gasteiger partial charge in [0.25, 0.3) is 0 Å². The first kappa shape index (κ1) is 20.0. The van der Waals surface area contributed by atoms with E-state index in [1.807, 2.05) is 50.2 Å². The minimum atomic E-state index is -0.518. The third kappa shape index (κ3) is 3.43. The van der Waals surface area contributed by atoms with Crippen molar-refractivity contribution < 1.29 is 23.5 Å². The van der Waals surface area contributed by atoms with E-state index in [0.29, 0.717) is 23.5 Å². The number of carbonyl (C=O) groups is 2. The molecular weight excluding hydrogens is 382 g/mol. The Bertz CT molecular complexity index is 1060. The van der Waals surface area contributed by atoms with E-state index in [1.54, 1.807) is 7.11 Å². The van der Waals surface area contributed by atoms with Crippen LogP contribution in [-0.2, 0) is 14.3 Å². The number of ether oxygens (including phenoxy) is 2. The molecule has 1 aromatic carbocycles. The Kier molecular flexibility index (Phi) is 5.24. The SMILES string of the molecule is COC(=O)C1=C(C)NC2=CC(c3cccc(OC)c3)CC(=O)C2C1c1ccc(C)o1. The van der Waals surface area contributed by atoms with E-state index in [9.17, 15) is 9.59 Å². The highest BCUT2D eigenvalue weighted by atomic mass is 16.5. The van der Waals surface area contributed by atoms with Crippen LogP contribution in [0.3, 0.4) is 0 Å². The summed E-state index contributed by atoms with van der Waals surface area (Å²) < 4.78 is 16.2. The number of fused-ring (bicyclic) bond motifs is 1. The summed E-state index contributed by atoms with van der Waals surface area (Å²) in [4.78, 5) is 26.0. The Labute approximate surface area is 175 Å². The summed E-state index contributed by atoms with van der Waals surface area (Å²) in [5, 5.41) is 3.30. The van der Waals surface area contributed by atoms with Crippen LogP contribution >= 0.6 is 0 Å². The normalized spacial score (nSPS) is 23.4. The lowest BCUT2D eigenvalue weighted by Crippen LogP contribution is -2.41. The molecule has 2 aromatic rings. The summed E-state index contributed by atoms with van der Waals surface area (Å²) >= 11 is 0. The summed E-state index contributed by atoms with van der Waals surface area (Å²) in [5.41, 5.74) is 2.91. The number of methoxy groups -OCH3 is 2. The van der Waals surface area contributed by atoms with Gasteiger partial charge in [-0.15, -0.1) is 0 Å². The van der Waals surface area contributed by atoms with Gasteiger partial charge in [0.15, 0.2) is 0 Å². The maximum Gasteiger partial charge on any atom is 0.336 e. The molecule has 3 unspecified atom stereocenters. The fourth-order valence-electron chi connectivity index (χ4n) is 4.47. The number of hydrogen-bond donors (Lipinski definition) is 1. The molecule has 30 heavy (non-hydrogen) atoms. The number of benzene rings is 1. The molecule has 1 N–H and O–H groups in total. The van der Waals surface area contributed by atoms with Crippen molar-refractivity contribution in [3.05, 3.63) is 76.5 Å². The van der Waals surface area contributed by atoms with E-state index in [1.165, 1.54) is 7.11 Å². The molecule has 0 bridgehead atoms. The number of esters is 1. The van der Waals surface area contributed by atoms with E-state index in [4.69, 9.17) is 13.9 Å². The molecule has 2 heterocycles. The summed E-state index contributed by atoms with van der Waals surface area (Å²) in [6, 6.07) is 11.4. The summed E-state index contributed by atoms with van der Waals surface area (Å²) in [6.45, 7) is 3.67. The average Bonchev–Trinajstić information content (AvgIpc) is 3.18. The lowest BCUT2D eigenvalue weighted by atomic mass is 9.70. The number of rotatable bonds is 4. The molecule has 1 aromatic heterocycles. The van der Waals surface area contributed by atoms with Crippen LogP contribution in [0.5, 0.6) is 5.75 Å². The van der Waals surface area contributed by atoms with Crippen molar-refractivity contribution in [2.45, 2.75) is 32.1 Å². The van der Waals surface area contributed by atoms with Gasteiger partial charge >= 0.3 is 5.97 Å². The Morgan fingerprint density at radius 2 is 1.93 bits per heavy atom. The van der Waals surface area contributed by atoms with Crippen LogP contribution in [0.1, 0.15) is 42.3 Å². The molecule has 0 fully saturated rings. The molecule has 0 saturated heterocycles. The van der Waals surface area contributed by atoms with E-state index in [-0.39, 0.29) is 11.7 Å². The summed E-state index contributed by atoms with van der Waals surface area (Å²) in [7, 11) is 2.97. The quantitative estimate of drug-likeness (QED) is 0.773. The van der Waals surface area contributed by atoms with E-state index >= 15 is 0 Å². The third-order valence-corrected chi connectivity index (χ3v) is 5.86. The number of Topliss-reactive ketones (excluding diaryl/α,β-unsaturated/α-hetero) is 1. The molecule has 3 atom stereocenters. The van der Waals surface area contributed by atoms with Crippen molar-refractivity contribution in [2.24, 2.45) is 5.92 Å². The molecule has 0 saturated carbocycles. The smallest absolute Gasteiger partial charge is 0.336 e. The maximum absolute atomic E-state index is 13.4. The molecule has 0 spiro atoms. The number of furan rings is 1. The lowest BCUT2D eigenvalue weighted by Gasteiger charge is -2.38. The van der Waals surface area contributed by atoms with Crippen LogP contribution in [0, 0.1) is 12.8 Å². The first-order valence-electron chi connectivity index (χ1n) is 9.93. The van der Waals surface area contributed by atoms with Gasteiger partial charge in [0, 0.05) is 23.7 Å². The number of ketones is 1. The zero-order valence-corrected chi connectivity index (χ0v) is 17.5. The molecule has 1 aliphatic carbocycles. The van der Waals surface area contributed by atoms with Gasteiger partial charge in [0.2, 0.25) is 0 Å². The highest BCUT2D eigenvalue weighted by molar-refractivity contribution is 5.96. The van der Waals surface area contributed by atoms with Gasteiger partial charge in [-0.2, -0.15) is 0 Å². The summed E-state index contributed by atoms with van der Waals surface area (Å²) in [6.07, 6.45) is 2.42. The van der Waals surface area contributed by atoms with Gasteiger partial charge in [0.05, 0.1) is 31.6 Å². The van der Waals surface area contributed by atoms with E-state index < -0.39 is 17.8 Å². The van der Waals surface area contributed by atoms with Gasteiger partial charge in [0.1, 0.15) is 23.1 Å². The zero-order valence-electron chi connectivity index (χ0n) is 17.5. The number of aryl methyl sites for hydroxylation is 1. The van der Waals surface area contributed by atoms with E-state index in [0.717, 1.165) is 22.8 Å². The zero-order chi connectivity index (χ0) is 21.4. The summed E-state index contributed by atoms with van der Waals surface area (Å²) in [5.74, 6) is 0.573. The van der Waals surface area contributed by atoms with Gasteiger partial charge in [-0.3, -0.25) is 4.79 Å². The minimum Gasteiger partial charge on any atom is -0.497 e. The first-order valence-corrected chi connectivity index (χ1v) is 9.93. The molecule has 6 heteroatoms. The Hall–Kier alpha value is -3.28. The largest absolute Gasteiger partial charge is 0.497 e. The van der Waals surface area contributed by atoms with Crippen LogP contribution < -0.4 is 10.1 Å². The predicted molar refractivity (Wildman–Crippen MR) is 111 cm³/mol. The van der Waals surface area contributed by atoms with E-state index in [2.05, 4.69) is 11.4 Å². The first-order chi connectivity index (χ1) is 14.4. The second kappa shape index (κ2) is 7.86. The second-order valence-corrected chi connectivity index (χ2v) is 7.73. The topological polar surface area (TPSA) is 77.8 Å². The molecular formula is C24H25NO5. The molecule has 0 radical (unpaired) electrons. The van der Waals surface area contributed by atoms with Crippen LogP contribution in [0.25, 0.3) is 0 Å². The van der Waals surface area contributed by atoms with Crippen molar-refractivity contribution in [3.63, 3.8) is 0 Å². The number of carbonyl (C=O) groups excluding carboxylic acids is 2. The molecule has 4 rings (SSSR count). The Morgan fingerprint density at radius 1 is 1.13 bits per heavy atom. The highest BCUT2D eigenvalue weighted by Gasteiger charge is 2.46. The van der Waals surface area contributed by atoms with Gasteiger partial charge < -0.3 is 19.2 Å². The Balaban J connectivity index is 1.81. The van der Waals surface area contributed by atoms with Crippen LogP contribution in [0.15, 0.2) is 63.9 Å². The number of allylic oxidation sites excluding steroid dienone is 3. The van der Waals surface area contributed by atoms with Crippen molar-refractivity contribution >= 4 is 11.8 Å². The van der Waals surface area contributed by atoms with Crippen LogP contribution in [0.2, 0.25) is 0 Å². The molecule has 0 amide bonds. The maximum atomic E-state index is 13.4. The number of hydrogen-bond acceptors (Lipinski definition) is 6. The monoisotopic (exact) mass is 407 g/mol. The van der Waals surface area contributed by atoms with Gasteiger partial charge in [-0.05, 0) is 43.7 Å². The molecule has 2 aliphatic rings. The average molecular weight is 407 g/mol. The van der Waals surface area contributed by atoms with Gasteiger partial charge in [-0.1, -0.05) is 18.2 Å². The molecule has 1 aliphatic heterocycles. The van der Waals surface area contributed by atoms with Crippen molar-refractivity contribution in [3.8, 4) is 5.75 Å². The minimum absolute atomic E-state index is 0.0563. The van der Waals surface area contributed by atoms with Crippen LogP contribution in [0.4, 0.5) is 0 Å². The lowest BCUT2D eigenvalue weighted by molar-refractivity contribution is -0.137. The predicted octanol–water partition coefficient (Wildman–Crippen LogP) is 3.99. The van der Waals surface area contributed by atoms with Crippen molar-refractivity contribution in [1.29, 1.82) is 0 Å². The molecule has 6 nitrogen and oxygen atoms in total. The third-order valence-electron chi connectivity index (χ3n) is 5.86. The number of nitrogens with one attached hydrogen (secondary N) is 1. The van der Waals surface area contributed by atoms with Gasteiger partial charge in [-0.25, -0.2) is 4.79 Å².